The maximum absolute atomic E-state index is 13.4. The molecule has 0 radical (unpaired) electrons. The zero-order chi connectivity index (χ0) is 15.9. The number of nitrogens with zero attached hydrogens (tertiary/aromatic N) is 2. The van der Waals surface area contributed by atoms with Crippen molar-refractivity contribution in [3.05, 3.63) is 59.7 Å². The molecule has 0 amide bonds. The van der Waals surface area contributed by atoms with Gasteiger partial charge in [-0.25, -0.2) is 0 Å². The Balaban J connectivity index is 1.91. The van der Waals surface area contributed by atoms with Gasteiger partial charge in [0.1, 0.15) is 11.5 Å². The number of para-hydroxylation sites is 2. The van der Waals surface area contributed by atoms with Crippen molar-refractivity contribution >= 4 is 5.78 Å². The number of ether oxygens (including phenoxy) is 1. The molecule has 0 aromatic heterocycles. The molecule has 0 N–H and O–H groups in total. The van der Waals surface area contributed by atoms with Gasteiger partial charge in [0.25, 0.3) is 0 Å². The highest BCUT2D eigenvalue weighted by Gasteiger charge is 2.47. The molecule has 2 aliphatic rings. The highest BCUT2D eigenvalue weighted by molar-refractivity contribution is 6.07. The van der Waals surface area contributed by atoms with Crippen LogP contribution in [-0.4, -0.2) is 23.8 Å². The Hall–Kier alpha value is -2.80. The molecule has 23 heavy (non-hydrogen) atoms. The summed E-state index contributed by atoms with van der Waals surface area (Å²) in [6.07, 6.45) is 3.46. The van der Waals surface area contributed by atoms with Gasteiger partial charge in [-0.05, 0) is 31.0 Å². The van der Waals surface area contributed by atoms with Crippen molar-refractivity contribution < 1.29 is 9.53 Å². The number of carbonyl (C=O) groups is 1. The maximum Gasteiger partial charge on any atom is 0.179 e. The Morgan fingerprint density at radius 3 is 2.39 bits per heavy atom. The standard InChI is InChI=1S/C19H16N2O2/c20-13-21-11-9-19(10-12-21)15-6-2-4-8-17(15)23-16-7-3-1-5-14(16)18(19)22/h1-8H,9-12H2. The van der Waals surface area contributed by atoms with Gasteiger partial charge < -0.3 is 9.64 Å². The fourth-order valence-corrected chi connectivity index (χ4v) is 3.68. The second-order valence-corrected chi connectivity index (χ2v) is 6.09. The van der Waals surface area contributed by atoms with E-state index >= 15 is 0 Å². The molecule has 4 nitrogen and oxygen atoms in total. The summed E-state index contributed by atoms with van der Waals surface area (Å²) in [5.41, 5.74) is 0.976. The highest BCUT2D eigenvalue weighted by Crippen LogP contribution is 2.47. The molecule has 1 spiro atoms. The van der Waals surface area contributed by atoms with Gasteiger partial charge in [-0.15, -0.1) is 0 Å². The van der Waals surface area contributed by atoms with Crippen LogP contribution in [0.2, 0.25) is 0 Å². The predicted octanol–water partition coefficient (Wildman–Crippen LogP) is 3.49. The minimum absolute atomic E-state index is 0.107. The van der Waals surface area contributed by atoms with Crippen LogP contribution in [0.3, 0.4) is 0 Å². The summed E-state index contributed by atoms with van der Waals surface area (Å²) in [7, 11) is 0. The first kappa shape index (κ1) is 13.8. The topological polar surface area (TPSA) is 53.3 Å². The van der Waals surface area contributed by atoms with Crippen LogP contribution >= 0.6 is 0 Å². The molecule has 2 aliphatic heterocycles. The Bertz CT molecular complexity index is 814. The van der Waals surface area contributed by atoms with Gasteiger partial charge in [-0.1, -0.05) is 30.3 Å². The molecule has 1 saturated heterocycles. The molecule has 2 aromatic carbocycles. The third-order valence-electron chi connectivity index (χ3n) is 4.95. The van der Waals surface area contributed by atoms with Crippen molar-refractivity contribution in [1.82, 2.24) is 4.90 Å². The summed E-state index contributed by atoms with van der Waals surface area (Å²) in [5.74, 6) is 1.47. The lowest BCUT2D eigenvalue weighted by atomic mass is 9.68. The van der Waals surface area contributed by atoms with Crippen molar-refractivity contribution in [2.75, 3.05) is 13.1 Å². The molecule has 4 heteroatoms. The average Bonchev–Trinajstić information content (AvgIpc) is 2.71. The van der Waals surface area contributed by atoms with Crippen molar-refractivity contribution in [2.24, 2.45) is 0 Å². The zero-order valence-electron chi connectivity index (χ0n) is 12.7. The average molecular weight is 304 g/mol. The number of likely N-dealkylation sites (tertiary alicyclic amines) is 1. The fraction of sp³-hybridized carbons (Fsp3) is 0.263. The number of benzene rings is 2. The number of Topliss-reactive ketones (excluding diaryl/α,β-unsaturated/α-hetero) is 1. The second-order valence-electron chi connectivity index (χ2n) is 6.09. The number of ketones is 1. The predicted molar refractivity (Wildman–Crippen MR) is 85.4 cm³/mol. The zero-order valence-corrected chi connectivity index (χ0v) is 12.7. The minimum atomic E-state index is -0.601. The first-order valence-electron chi connectivity index (χ1n) is 7.80. The summed E-state index contributed by atoms with van der Waals surface area (Å²) < 4.78 is 6.05. The molecule has 0 aliphatic carbocycles. The Morgan fingerprint density at radius 2 is 1.65 bits per heavy atom. The smallest absolute Gasteiger partial charge is 0.179 e. The first-order chi connectivity index (χ1) is 11.2. The van der Waals surface area contributed by atoms with E-state index in [0.717, 1.165) is 11.3 Å². The van der Waals surface area contributed by atoms with Crippen LogP contribution in [0.15, 0.2) is 48.5 Å². The minimum Gasteiger partial charge on any atom is -0.456 e. The molecule has 114 valence electrons. The van der Waals surface area contributed by atoms with E-state index in [9.17, 15) is 4.79 Å². The van der Waals surface area contributed by atoms with Crippen LogP contribution in [0.25, 0.3) is 0 Å². The molecule has 0 saturated carbocycles. The van der Waals surface area contributed by atoms with Gasteiger partial charge in [0, 0.05) is 18.7 Å². The maximum atomic E-state index is 13.4. The fourth-order valence-electron chi connectivity index (χ4n) is 3.68. The SMILES string of the molecule is N#CN1CCC2(CC1)C(=O)c1ccccc1Oc1ccccc12. The first-order valence-corrected chi connectivity index (χ1v) is 7.80. The quantitative estimate of drug-likeness (QED) is 0.699. The molecule has 2 heterocycles. The molecular weight excluding hydrogens is 288 g/mol. The molecule has 1 fully saturated rings. The molecule has 4 rings (SSSR count). The van der Waals surface area contributed by atoms with E-state index < -0.39 is 5.41 Å². The van der Waals surface area contributed by atoms with Crippen molar-refractivity contribution in [3.8, 4) is 17.7 Å². The van der Waals surface area contributed by atoms with E-state index in [-0.39, 0.29) is 5.78 Å². The van der Waals surface area contributed by atoms with Crippen LogP contribution in [0, 0.1) is 11.5 Å². The van der Waals surface area contributed by atoms with E-state index in [0.29, 0.717) is 37.2 Å². The lowest BCUT2D eigenvalue weighted by molar-refractivity contribution is 0.0812. The Morgan fingerprint density at radius 1 is 1.00 bits per heavy atom. The summed E-state index contributed by atoms with van der Waals surface area (Å²) in [6.45, 7) is 1.19. The summed E-state index contributed by atoms with van der Waals surface area (Å²) >= 11 is 0. The van der Waals surface area contributed by atoms with Crippen molar-refractivity contribution in [3.63, 3.8) is 0 Å². The summed E-state index contributed by atoms with van der Waals surface area (Å²) in [4.78, 5) is 15.1. The monoisotopic (exact) mass is 304 g/mol. The summed E-state index contributed by atoms with van der Waals surface area (Å²) in [5, 5.41) is 9.12. The van der Waals surface area contributed by atoms with Gasteiger partial charge in [0.15, 0.2) is 12.0 Å². The normalized spacial score (nSPS) is 18.4. The third kappa shape index (κ3) is 2.01. The van der Waals surface area contributed by atoms with Gasteiger partial charge in [0.2, 0.25) is 0 Å². The van der Waals surface area contributed by atoms with Crippen molar-refractivity contribution in [2.45, 2.75) is 18.3 Å². The lowest BCUT2D eigenvalue weighted by Gasteiger charge is -2.38. The number of nitriles is 1. The van der Waals surface area contributed by atoms with E-state index in [1.807, 2.05) is 48.5 Å². The van der Waals surface area contributed by atoms with Gasteiger partial charge in [-0.2, -0.15) is 5.26 Å². The van der Waals surface area contributed by atoms with Crippen molar-refractivity contribution in [1.29, 1.82) is 5.26 Å². The van der Waals surface area contributed by atoms with E-state index in [1.54, 1.807) is 4.90 Å². The van der Waals surface area contributed by atoms with Crippen LogP contribution in [0.4, 0.5) is 0 Å². The Labute approximate surface area is 134 Å². The number of piperidine rings is 1. The molecule has 2 aromatic rings. The van der Waals surface area contributed by atoms with Crippen LogP contribution in [-0.2, 0) is 5.41 Å². The van der Waals surface area contributed by atoms with Gasteiger partial charge >= 0.3 is 0 Å². The van der Waals surface area contributed by atoms with Crippen LogP contribution in [0.5, 0.6) is 11.5 Å². The number of rotatable bonds is 0. The number of hydrogen-bond acceptors (Lipinski definition) is 4. The largest absolute Gasteiger partial charge is 0.456 e. The number of carbonyl (C=O) groups excluding carboxylic acids is 1. The molecule has 0 atom stereocenters. The molecule has 0 bridgehead atoms. The van der Waals surface area contributed by atoms with E-state index in [1.165, 1.54) is 0 Å². The van der Waals surface area contributed by atoms with Gasteiger partial charge in [-0.3, -0.25) is 4.79 Å². The molecular formula is C19H16N2O2. The number of hydrogen-bond donors (Lipinski definition) is 0. The molecule has 0 unspecified atom stereocenters. The third-order valence-corrected chi connectivity index (χ3v) is 4.95. The van der Waals surface area contributed by atoms with Crippen LogP contribution in [0.1, 0.15) is 28.8 Å². The van der Waals surface area contributed by atoms with Crippen LogP contribution < -0.4 is 4.74 Å². The van der Waals surface area contributed by atoms with Gasteiger partial charge in [0.05, 0.1) is 11.0 Å². The lowest BCUT2D eigenvalue weighted by Crippen LogP contribution is -2.45. The number of fused-ring (bicyclic) bond motifs is 3. The highest BCUT2D eigenvalue weighted by atomic mass is 16.5. The van der Waals surface area contributed by atoms with E-state index in [4.69, 9.17) is 10.00 Å². The summed E-state index contributed by atoms with van der Waals surface area (Å²) in [6, 6.07) is 15.2. The second kappa shape index (κ2) is 5.13. The Kier molecular flexibility index (Phi) is 3.09. The van der Waals surface area contributed by atoms with E-state index in [2.05, 4.69) is 6.19 Å².